The fourth-order valence-corrected chi connectivity index (χ4v) is 2.68. The Bertz CT molecular complexity index is 507. The summed E-state index contributed by atoms with van der Waals surface area (Å²) in [7, 11) is 0. The molecule has 0 saturated carbocycles. The van der Waals surface area contributed by atoms with Crippen molar-refractivity contribution >= 4 is 35.0 Å². The van der Waals surface area contributed by atoms with E-state index in [1.807, 2.05) is 54.6 Å². The van der Waals surface area contributed by atoms with Gasteiger partial charge in [-0.1, -0.05) is 48.5 Å². The maximum Gasteiger partial charge on any atom is 0.0773 e. The van der Waals surface area contributed by atoms with Gasteiger partial charge < -0.3 is 10.8 Å². The van der Waals surface area contributed by atoms with Gasteiger partial charge in [-0.3, -0.25) is 0 Å². The molecule has 2 aromatic carbocycles. The van der Waals surface area contributed by atoms with E-state index < -0.39 is 6.10 Å². The van der Waals surface area contributed by atoms with Gasteiger partial charge in [-0.2, -0.15) is 0 Å². The lowest BCUT2D eigenvalue weighted by molar-refractivity contribution is 0.145. The van der Waals surface area contributed by atoms with Crippen molar-refractivity contribution in [1.82, 2.24) is 0 Å². The van der Waals surface area contributed by atoms with Gasteiger partial charge in [0.25, 0.3) is 0 Å². The van der Waals surface area contributed by atoms with Gasteiger partial charge in [-0.05, 0) is 39.8 Å². The Kier molecular flexibility index (Phi) is 6.79. The summed E-state index contributed by atoms with van der Waals surface area (Å²) < 4.78 is 1.09. The molecule has 0 unspecified atom stereocenters. The standard InChI is InChI=1S/C15H16INO.ClH/c16-13-9-5-4-8-12(13)15(17)14(18)10-11-6-2-1-3-7-11;/h1-9,14-15,18H,10,17H2;1H/t14-,15+;/m1./s1. The van der Waals surface area contributed by atoms with Crippen LogP contribution < -0.4 is 5.73 Å². The first kappa shape index (κ1) is 16.4. The van der Waals surface area contributed by atoms with Crippen LogP contribution in [0.1, 0.15) is 17.2 Å². The molecule has 0 heterocycles. The number of rotatable bonds is 4. The van der Waals surface area contributed by atoms with Gasteiger partial charge in [0.2, 0.25) is 0 Å². The van der Waals surface area contributed by atoms with Crippen LogP contribution >= 0.6 is 35.0 Å². The Morgan fingerprint density at radius 3 is 2.21 bits per heavy atom. The smallest absolute Gasteiger partial charge is 0.0773 e. The van der Waals surface area contributed by atoms with Crippen LogP contribution in [0.4, 0.5) is 0 Å². The Hall–Kier alpha value is -0.620. The number of hydrogen-bond acceptors (Lipinski definition) is 2. The number of nitrogens with two attached hydrogens (primary N) is 1. The van der Waals surface area contributed by atoms with Crippen molar-refractivity contribution in [2.45, 2.75) is 18.6 Å². The van der Waals surface area contributed by atoms with Gasteiger partial charge in [0, 0.05) is 9.99 Å². The molecule has 0 spiro atoms. The normalized spacial score (nSPS) is 13.4. The minimum absolute atomic E-state index is 0. The number of aliphatic hydroxyl groups is 1. The molecular formula is C15H17ClINO. The van der Waals surface area contributed by atoms with Crippen LogP contribution in [-0.2, 0) is 6.42 Å². The quantitative estimate of drug-likeness (QED) is 0.788. The summed E-state index contributed by atoms with van der Waals surface area (Å²) in [6, 6.07) is 17.5. The SMILES string of the molecule is Cl.N[C@@H](c1ccccc1I)[C@H](O)Cc1ccccc1. The van der Waals surface area contributed by atoms with Crippen molar-refractivity contribution < 1.29 is 5.11 Å². The molecule has 0 bridgehead atoms. The molecule has 0 fully saturated rings. The van der Waals surface area contributed by atoms with Crippen LogP contribution in [0.25, 0.3) is 0 Å². The average Bonchev–Trinajstić information content (AvgIpc) is 2.39. The van der Waals surface area contributed by atoms with E-state index in [1.165, 1.54) is 0 Å². The Labute approximate surface area is 133 Å². The number of hydrogen-bond donors (Lipinski definition) is 2. The minimum atomic E-state index is -0.566. The zero-order valence-electron chi connectivity index (χ0n) is 10.4. The second kappa shape index (κ2) is 7.85. The molecule has 2 aromatic rings. The lowest BCUT2D eigenvalue weighted by Gasteiger charge is -2.20. The van der Waals surface area contributed by atoms with Crippen LogP contribution in [0.2, 0.25) is 0 Å². The van der Waals surface area contributed by atoms with Crippen LogP contribution in [0, 0.1) is 3.57 Å². The number of halogens is 2. The summed E-state index contributed by atoms with van der Waals surface area (Å²) in [5.41, 5.74) is 8.24. The molecular weight excluding hydrogens is 373 g/mol. The first-order valence-electron chi connectivity index (χ1n) is 5.90. The molecule has 0 aromatic heterocycles. The topological polar surface area (TPSA) is 46.2 Å². The van der Waals surface area contributed by atoms with Crippen molar-refractivity contribution in [1.29, 1.82) is 0 Å². The van der Waals surface area contributed by atoms with E-state index in [2.05, 4.69) is 22.6 Å². The monoisotopic (exact) mass is 389 g/mol. The maximum atomic E-state index is 10.2. The first-order valence-corrected chi connectivity index (χ1v) is 6.98. The summed E-state index contributed by atoms with van der Waals surface area (Å²) in [6.07, 6.45) is 0.01000. The van der Waals surface area contributed by atoms with Crippen molar-refractivity contribution in [3.63, 3.8) is 0 Å². The summed E-state index contributed by atoms with van der Waals surface area (Å²) in [5.74, 6) is 0. The third-order valence-electron chi connectivity index (χ3n) is 2.97. The molecule has 0 saturated heterocycles. The summed E-state index contributed by atoms with van der Waals surface area (Å²) in [6.45, 7) is 0. The second-order valence-electron chi connectivity index (χ2n) is 4.30. The molecule has 2 nitrogen and oxygen atoms in total. The van der Waals surface area contributed by atoms with E-state index in [9.17, 15) is 5.11 Å². The van der Waals surface area contributed by atoms with Crippen molar-refractivity contribution in [3.8, 4) is 0 Å². The van der Waals surface area contributed by atoms with Crippen LogP contribution in [0.15, 0.2) is 54.6 Å². The zero-order chi connectivity index (χ0) is 13.0. The number of benzene rings is 2. The zero-order valence-corrected chi connectivity index (χ0v) is 13.3. The third kappa shape index (κ3) is 4.45. The van der Waals surface area contributed by atoms with Crippen LogP contribution in [0.3, 0.4) is 0 Å². The predicted molar refractivity (Wildman–Crippen MR) is 89.5 cm³/mol. The molecule has 102 valence electrons. The molecule has 2 rings (SSSR count). The molecule has 19 heavy (non-hydrogen) atoms. The fourth-order valence-electron chi connectivity index (χ4n) is 1.94. The van der Waals surface area contributed by atoms with Gasteiger partial charge in [0.15, 0.2) is 0 Å². The molecule has 0 aliphatic rings. The Balaban J connectivity index is 0.00000180. The minimum Gasteiger partial charge on any atom is -0.391 e. The molecule has 4 heteroatoms. The van der Waals surface area contributed by atoms with Gasteiger partial charge in [-0.25, -0.2) is 0 Å². The fraction of sp³-hybridized carbons (Fsp3) is 0.200. The van der Waals surface area contributed by atoms with Gasteiger partial charge in [-0.15, -0.1) is 12.4 Å². The highest BCUT2D eigenvalue weighted by molar-refractivity contribution is 14.1. The highest BCUT2D eigenvalue weighted by Crippen LogP contribution is 2.22. The van der Waals surface area contributed by atoms with E-state index in [4.69, 9.17) is 5.73 Å². The summed E-state index contributed by atoms with van der Waals surface area (Å²) in [5, 5.41) is 10.2. The highest BCUT2D eigenvalue weighted by atomic mass is 127. The van der Waals surface area contributed by atoms with Crippen LogP contribution in [-0.4, -0.2) is 11.2 Å². The van der Waals surface area contributed by atoms with Gasteiger partial charge >= 0.3 is 0 Å². The van der Waals surface area contributed by atoms with E-state index in [0.29, 0.717) is 6.42 Å². The summed E-state index contributed by atoms with van der Waals surface area (Å²) >= 11 is 2.25. The average molecular weight is 390 g/mol. The highest BCUT2D eigenvalue weighted by Gasteiger charge is 2.18. The molecule has 0 aliphatic carbocycles. The van der Waals surface area contributed by atoms with E-state index >= 15 is 0 Å². The van der Waals surface area contributed by atoms with Gasteiger partial charge in [0.1, 0.15) is 0 Å². The molecule has 0 radical (unpaired) electrons. The maximum absolute atomic E-state index is 10.2. The van der Waals surface area contributed by atoms with E-state index in [1.54, 1.807) is 0 Å². The van der Waals surface area contributed by atoms with Crippen molar-refractivity contribution in [3.05, 3.63) is 69.3 Å². The molecule has 0 aliphatic heterocycles. The lowest BCUT2D eigenvalue weighted by atomic mass is 9.97. The van der Waals surface area contributed by atoms with Crippen molar-refractivity contribution in [2.75, 3.05) is 0 Å². The van der Waals surface area contributed by atoms with Crippen molar-refractivity contribution in [2.24, 2.45) is 5.73 Å². The largest absolute Gasteiger partial charge is 0.391 e. The molecule has 3 N–H and O–H groups in total. The Morgan fingerprint density at radius 1 is 1.00 bits per heavy atom. The lowest BCUT2D eigenvalue weighted by Crippen LogP contribution is -2.28. The molecule has 2 atom stereocenters. The number of aliphatic hydroxyl groups excluding tert-OH is 1. The van der Waals surface area contributed by atoms with Gasteiger partial charge in [0.05, 0.1) is 12.1 Å². The predicted octanol–water partition coefficient (Wildman–Crippen LogP) is 3.32. The van der Waals surface area contributed by atoms with Crippen LogP contribution in [0.5, 0.6) is 0 Å². The third-order valence-corrected chi connectivity index (χ3v) is 3.95. The van der Waals surface area contributed by atoms with E-state index in [-0.39, 0.29) is 18.4 Å². The Morgan fingerprint density at radius 2 is 1.58 bits per heavy atom. The summed E-state index contributed by atoms with van der Waals surface area (Å²) in [4.78, 5) is 0. The van der Waals surface area contributed by atoms with E-state index in [0.717, 1.165) is 14.7 Å². The first-order chi connectivity index (χ1) is 8.68. The molecule has 0 amide bonds. The second-order valence-corrected chi connectivity index (χ2v) is 5.47.